The summed E-state index contributed by atoms with van der Waals surface area (Å²) in [6.07, 6.45) is -4.46. The molecule has 4 nitrogen and oxygen atoms in total. The highest BCUT2D eigenvalue weighted by Gasteiger charge is 2.33. The van der Waals surface area contributed by atoms with Crippen LogP contribution < -0.4 is 11.1 Å². The molecule has 0 radical (unpaired) electrons. The minimum absolute atomic E-state index is 0.0765. The van der Waals surface area contributed by atoms with E-state index >= 15 is 0 Å². The number of nitrogens with two attached hydrogens (primary N) is 1. The molecule has 112 valence electrons. The minimum atomic E-state index is -4.46. The van der Waals surface area contributed by atoms with E-state index in [2.05, 4.69) is 10.4 Å². The maximum Gasteiger partial charge on any atom is 0.418 e. The number of hydrogen-bond acceptors (Lipinski definition) is 3. The number of aromatic nitrogens is 2. The Kier molecular flexibility index (Phi) is 3.91. The lowest BCUT2D eigenvalue weighted by Crippen LogP contribution is -2.14. The van der Waals surface area contributed by atoms with Crippen molar-refractivity contribution in [3.8, 4) is 0 Å². The van der Waals surface area contributed by atoms with Crippen LogP contribution in [-0.4, -0.2) is 14.8 Å². The zero-order valence-electron chi connectivity index (χ0n) is 11.3. The van der Waals surface area contributed by atoms with Gasteiger partial charge in [0.15, 0.2) is 0 Å². The highest BCUT2D eigenvalue weighted by atomic mass is 32.1. The lowest BCUT2D eigenvalue weighted by atomic mass is 10.1. The van der Waals surface area contributed by atoms with Crippen LogP contribution in [0.3, 0.4) is 0 Å². The van der Waals surface area contributed by atoms with E-state index in [9.17, 15) is 13.2 Å². The third-order valence-corrected chi connectivity index (χ3v) is 3.16. The first kappa shape index (κ1) is 15.3. The predicted octanol–water partition coefficient (Wildman–Crippen LogP) is 3.13. The number of anilines is 2. The molecule has 0 aliphatic rings. The second-order valence-corrected chi connectivity index (χ2v) is 4.91. The molecule has 2 aromatic rings. The van der Waals surface area contributed by atoms with Gasteiger partial charge in [0.2, 0.25) is 0 Å². The van der Waals surface area contributed by atoms with Crippen LogP contribution in [0.4, 0.5) is 24.7 Å². The summed E-state index contributed by atoms with van der Waals surface area (Å²) in [5.41, 5.74) is 5.77. The van der Waals surface area contributed by atoms with Crippen molar-refractivity contribution < 1.29 is 13.2 Å². The van der Waals surface area contributed by atoms with E-state index in [1.54, 1.807) is 14.0 Å². The Balaban J connectivity index is 2.52. The average molecular weight is 314 g/mol. The quantitative estimate of drug-likeness (QED) is 0.855. The number of alkyl halides is 3. The van der Waals surface area contributed by atoms with Gasteiger partial charge < -0.3 is 11.1 Å². The predicted molar refractivity (Wildman–Crippen MR) is 78.6 cm³/mol. The molecule has 21 heavy (non-hydrogen) atoms. The van der Waals surface area contributed by atoms with Crippen molar-refractivity contribution in [2.45, 2.75) is 13.1 Å². The van der Waals surface area contributed by atoms with Crippen molar-refractivity contribution in [3.63, 3.8) is 0 Å². The molecule has 0 aliphatic heterocycles. The molecule has 0 amide bonds. The molecule has 0 fully saturated rings. The first-order chi connectivity index (χ1) is 9.71. The minimum Gasteiger partial charge on any atom is -0.389 e. The summed E-state index contributed by atoms with van der Waals surface area (Å²) in [6.45, 7) is 1.69. The lowest BCUT2D eigenvalue weighted by molar-refractivity contribution is -0.136. The van der Waals surface area contributed by atoms with E-state index in [-0.39, 0.29) is 10.7 Å². The average Bonchev–Trinajstić information content (AvgIpc) is 2.63. The number of nitrogens with one attached hydrogen (secondary N) is 1. The van der Waals surface area contributed by atoms with Gasteiger partial charge in [0.1, 0.15) is 10.8 Å². The molecule has 2 rings (SSSR count). The summed E-state index contributed by atoms with van der Waals surface area (Å²) < 4.78 is 40.4. The smallest absolute Gasteiger partial charge is 0.389 e. The monoisotopic (exact) mass is 314 g/mol. The van der Waals surface area contributed by atoms with Crippen LogP contribution >= 0.6 is 12.2 Å². The Bertz CT molecular complexity index is 691. The molecular weight excluding hydrogens is 301 g/mol. The normalized spacial score (nSPS) is 11.5. The molecular formula is C13H13F3N4S. The standard InChI is InChI=1S/C13H13F3N4S/c1-7-10(11(17)21)12(20(2)19-7)18-9-6-4-3-5-8(9)13(14,15)16/h3-6,18H,1-2H3,(H2,17,21). The highest BCUT2D eigenvalue weighted by Crippen LogP contribution is 2.36. The first-order valence-electron chi connectivity index (χ1n) is 5.98. The van der Waals surface area contributed by atoms with Crippen molar-refractivity contribution in [2.75, 3.05) is 5.32 Å². The maximum atomic E-state index is 13.0. The summed E-state index contributed by atoms with van der Waals surface area (Å²) in [7, 11) is 1.60. The molecule has 0 saturated heterocycles. The third-order valence-electron chi connectivity index (χ3n) is 2.95. The second kappa shape index (κ2) is 5.36. The van der Waals surface area contributed by atoms with Crippen molar-refractivity contribution in [2.24, 2.45) is 12.8 Å². The van der Waals surface area contributed by atoms with Gasteiger partial charge in [0.25, 0.3) is 0 Å². The fourth-order valence-electron chi connectivity index (χ4n) is 2.06. The van der Waals surface area contributed by atoms with Gasteiger partial charge in [-0.1, -0.05) is 24.4 Å². The number of hydrogen-bond donors (Lipinski definition) is 2. The molecule has 0 atom stereocenters. The summed E-state index contributed by atoms with van der Waals surface area (Å²) in [6, 6.07) is 5.19. The number of para-hydroxylation sites is 1. The molecule has 1 aromatic carbocycles. The third kappa shape index (κ3) is 2.99. The number of benzene rings is 1. The number of aryl methyl sites for hydroxylation is 2. The van der Waals surface area contributed by atoms with E-state index in [0.29, 0.717) is 17.1 Å². The molecule has 3 N–H and O–H groups in total. The van der Waals surface area contributed by atoms with Crippen LogP contribution in [0.15, 0.2) is 24.3 Å². The van der Waals surface area contributed by atoms with E-state index in [1.165, 1.54) is 22.9 Å². The Labute approximate surface area is 124 Å². The van der Waals surface area contributed by atoms with E-state index in [0.717, 1.165) is 6.07 Å². The van der Waals surface area contributed by atoms with Gasteiger partial charge in [-0.15, -0.1) is 0 Å². The summed E-state index contributed by atoms with van der Waals surface area (Å²) in [5.74, 6) is 0.330. The Morgan fingerprint density at radius 3 is 2.52 bits per heavy atom. The largest absolute Gasteiger partial charge is 0.418 e. The van der Waals surface area contributed by atoms with Crippen LogP contribution in [0, 0.1) is 6.92 Å². The number of halogens is 3. The summed E-state index contributed by atoms with van der Waals surface area (Å²) >= 11 is 4.94. The van der Waals surface area contributed by atoms with Gasteiger partial charge >= 0.3 is 6.18 Å². The van der Waals surface area contributed by atoms with Crippen molar-refractivity contribution in [3.05, 3.63) is 41.1 Å². The fourth-order valence-corrected chi connectivity index (χ4v) is 2.31. The molecule has 1 aromatic heterocycles. The highest BCUT2D eigenvalue weighted by molar-refractivity contribution is 7.80. The Hall–Kier alpha value is -2.09. The Morgan fingerprint density at radius 2 is 1.95 bits per heavy atom. The van der Waals surface area contributed by atoms with Crippen LogP contribution in [0.25, 0.3) is 0 Å². The van der Waals surface area contributed by atoms with Gasteiger partial charge in [-0.3, -0.25) is 4.68 Å². The number of thiocarbonyl (C=S) groups is 1. The topological polar surface area (TPSA) is 55.9 Å². The zero-order chi connectivity index (χ0) is 15.8. The molecule has 0 spiro atoms. The van der Waals surface area contributed by atoms with Crippen LogP contribution in [-0.2, 0) is 13.2 Å². The van der Waals surface area contributed by atoms with Gasteiger partial charge in [-0.25, -0.2) is 0 Å². The van der Waals surface area contributed by atoms with Gasteiger partial charge in [-0.05, 0) is 19.1 Å². The van der Waals surface area contributed by atoms with Crippen molar-refractivity contribution in [1.29, 1.82) is 0 Å². The maximum absolute atomic E-state index is 13.0. The van der Waals surface area contributed by atoms with Crippen LogP contribution in [0.1, 0.15) is 16.8 Å². The van der Waals surface area contributed by atoms with Gasteiger partial charge in [0, 0.05) is 7.05 Å². The SMILES string of the molecule is Cc1nn(C)c(Nc2ccccc2C(F)(F)F)c1C(N)=S. The number of nitrogens with zero attached hydrogens (tertiary/aromatic N) is 2. The van der Waals surface area contributed by atoms with Crippen LogP contribution in [0.2, 0.25) is 0 Å². The van der Waals surface area contributed by atoms with Gasteiger partial charge in [-0.2, -0.15) is 18.3 Å². The Morgan fingerprint density at radius 1 is 1.33 bits per heavy atom. The van der Waals surface area contributed by atoms with Crippen molar-refractivity contribution >= 4 is 28.7 Å². The summed E-state index contributed by atoms with van der Waals surface area (Å²) in [5, 5.41) is 6.86. The zero-order valence-corrected chi connectivity index (χ0v) is 12.1. The molecule has 0 unspecified atom stereocenters. The van der Waals surface area contributed by atoms with E-state index in [4.69, 9.17) is 18.0 Å². The molecule has 0 saturated carbocycles. The molecule has 8 heteroatoms. The number of rotatable bonds is 3. The van der Waals surface area contributed by atoms with Gasteiger partial charge in [0.05, 0.1) is 22.5 Å². The molecule has 0 bridgehead atoms. The van der Waals surface area contributed by atoms with E-state index < -0.39 is 11.7 Å². The first-order valence-corrected chi connectivity index (χ1v) is 6.39. The second-order valence-electron chi connectivity index (χ2n) is 4.47. The lowest BCUT2D eigenvalue weighted by Gasteiger charge is -2.15. The van der Waals surface area contributed by atoms with E-state index in [1.807, 2.05) is 0 Å². The molecule has 1 heterocycles. The van der Waals surface area contributed by atoms with Crippen molar-refractivity contribution in [1.82, 2.24) is 9.78 Å². The van der Waals surface area contributed by atoms with Crippen LogP contribution in [0.5, 0.6) is 0 Å². The summed E-state index contributed by atoms with van der Waals surface area (Å²) in [4.78, 5) is 0.0765. The fraction of sp³-hybridized carbons (Fsp3) is 0.231. The molecule has 0 aliphatic carbocycles.